The van der Waals surface area contributed by atoms with Gasteiger partial charge in [-0.15, -0.1) is 11.3 Å². The van der Waals surface area contributed by atoms with Crippen LogP contribution in [0.25, 0.3) is 21.3 Å². The normalized spacial score (nSPS) is 11.1. The van der Waals surface area contributed by atoms with Gasteiger partial charge in [0.15, 0.2) is 0 Å². The number of nitrogens with one attached hydrogen (secondary N) is 1. The second-order valence-corrected chi connectivity index (χ2v) is 8.42. The minimum absolute atomic E-state index is 0.664. The fourth-order valence-electron chi connectivity index (χ4n) is 3.50. The van der Waals surface area contributed by atoms with E-state index in [0.717, 1.165) is 38.9 Å². The summed E-state index contributed by atoms with van der Waals surface area (Å²) in [6.45, 7) is 11.0. The second kappa shape index (κ2) is 7.84. The SMILES string of the molecule is CCOc1ccc(-c2c(C)sc3nc(C)nc(Nc4ccc(C)c(C)c4)c23)cc1. The molecule has 0 unspecified atom stereocenters. The molecule has 2 heterocycles. The molecule has 29 heavy (non-hydrogen) atoms. The number of aromatic nitrogens is 2. The molecule has 2 aromatic carbocycles. The predicted octanol–water partition coefficient (Wildman–Crippen LogP) is 6.73. The molecule has 0 saturated heterocycles. The zero-order valence-electron chi connectivity index (χ0n) is 17.5. The molecule has 0 atom stereocenters. The maximum absolute atomic E-state index is 5.60. The van der Waals surface area contributed by atoms with Crippen LogP contribution in [0.2, 0.25) is 0 Å². The molecule has 5 heteroatoms. The van der Waals surface area contributed by atoms with E-state index in [1.807, 2.05) is 26.0 Å². The molecule has 0 radical (unpaired) electrons. The molecule has 0 saturated carbocycles. The zero-order valence-corrected chi connectivity index (χ0v) is 18.3. The van der Waals surface area contributed by atoms with Crippen LogP contribution in [0.3, 0.4) is 0 Å². The van der Waals surface area contributed by atoms with Crippen LogP contribution in [-0.2, 0) is 0 Å². The molecule has 0 spiro atoms. The average Bonchev–Trinajstić information content (AvgIpc) is 3.01. The average molecular weight is 404 g/mol. The first-order valence-electron chi connectivity index (χ1n) is 9.81. The van der Waals surface area contributed by atoms with Crippen LogP contribution >= 0.6 is 11.3 Å². The van der Waals surface area contributed by atoms with Crippen LogP contribution in [0.1, 0.15) is 28.8 Å². The Kier molecular flexibility index (Phi) is 5.24. The summed E-state index contributed by atoms with van der Waals surface area (Å²) in [6.07, 6.45) is 0. The first-order valence-corrected chi connectivity index (χ1v) is 10.6. The minimum atomic E-state index is 0.664. The van der Waals surface area contributed by atoms with Gasteiger partial charge in [0, 0.05) is 16.1 Å². The van der Waals surface area contributed by atoms with Gasteiger partial charge in [0.05, 0.1) is 12.0 Å². The monoisotopic (exact) mass is 403 g/mol. The van der Waals surface area contributed by atoms with Gasteiger partial charge in [-0.1, -0.05) is 18.2 Å². The van der Waals surface area contributed by atoms with E-state index in [1.54, 1.807) is 11.3 Å². The van der Waals surface area contributed by atoms with Crippen molar-refractivity contribution in [2.24, 2.45) is 0 Å². The van der Waals surface area contributed by atoms with E-state index in [4.69, 9.17) is 14.7 Å². The van der Waals surface area contributed by atoms with Crippen molar-refractivity contribution in [3.05, 3.63) is 64.3 Å². The molecule has 2 aromatic heterocycles. The van der Waals surface area contributed by atoms with Gasteiger partial charge in [0.2, 0.25) is 0 Å². The Labute approximate surface area is 175 Å². The van der Waals surface area contributed by atoms with E-state index in [1.165, 1.54) is 21.6 Å². The van der Waals surface area contributed by atoms with E-state index in [-0.39, 0.29) is 0 Å². The van der Waals surface area contributed by atoms with Gasteiger partial charge < -0.3 is 10.1 Å². The molecule has 0 aliphatic rings. The number of thiophene rings is 1. The van der Waals surface area contributed by atoms with E-state index >= 15 is 0 Å². The highest BCUT2D eigenvalue weighted by Crippen LogP contribution is 2.41. The molecule has 0 aliphatic heterocycles. The Balaban J connectivity index is 1.85. The lowest BCUT2D eigenvalue weighted by Crippen LogP contribution is -1.99. The lowest BCUT2D eigenvalue weighted by molar-refractivity contribution is 0.340. The lowest BCUT2D eigenvalue weighted by Gasteiger charge is -2.12. The number of aryl methyl sites for hydroxylation is 4. The minimum Gasteiger partial charge on any atom is -0.494 e. The molecule has 1 N–H and O–H groups in total. The van der Waals surface area contributed by atoms with Gasteiger partial charge in [0.25, 0.3) is 0 Å². The van der Waals surface area contributed by atoms with Gasteiger partial charge in [-0.25, -0.2) is 9.97 Å². The fourth-order valence-corrected chi connectivity index (χ4v) is 4.59. The van der Waals surface area contributed by atoms with Crippen molar-refractivity contribution in [3.8, 4) is 16.9 Å². The van der Waals surface area contributed by atoms with Gasteiger partial charge in [-0.3, -0.25) is 0 Å². The number of nitrogens with zero attached hydrogens (tertiary/aromatic N) is 2. The third kappa shape index (κ3) is 3.83. The third-order valence-corrected chi connectivity index (χ3v) is 6.06. The maximum atomic E-state index is 5.60. The van der Waals surface area contributed by atoms with Crippen molar-refractivity contribution in [2.45, 2.75) is 34.6 Å². The molecule has 0 amide bonds. The van der Waals surface area contributed by atoms with Crippen molar-refractivity contribution < 1.29 is 4.74 Å². The smallest absolute Gasteiger partial charge is 0.143 e. The number of benzene rings is 2. The van der Waals surface area contributed by atoms with E-state index in [0.29, 0.717) is 6.61 Å². The number of hydrogen-bond acceptors (Lipinski definition) is 5. The Morgan fingerprint density at radius 1 is 0.931 bits per heavy atom. The summed E-state index contributed by atoms with van der Waals surface area (Å²) in [5.74, 6) is 2.50. The first-order chi connectivity index (χ1) is 14.0. The molecule has 4 nitrogen and oxygen atoms in total. The number of rotatable bonds is 5. The number of anilines is 2. The Morgan fingerprint density at radius 3 is 2.38 bits per heavy atom. The van der Waals surface area contributed by atoms with Crippen molar-refractivity contribution in [2.75, 3.05) is 11.9 Å². The number of fused-ring (bicyclic) bond motifs is 1. The van der Waals surface area contributed by atoms with Crippen molar-refractivity contribution in [3.63, 3.8) is 0 Å². The Hall–Kier alpha value is -2.92. The van der Waals surface area contributed by atoms with Gasteiger partial charge in [-0.2, -0.15) is 0 Å². The summed E-state index contributed by atoms with van der Waals surface area (Å²) in [5, 5.41) is 4.61. The zero-order chi connectivity index (χ0) is 20.5. The van der Waals surface area contributed by atoms with Gasteiger partial charge >= 0.3 is 0 Å². The summed E-state index contributed by atoms with van der Waals surface area (Å²) in [7, 11) is 0. The molecule has 0 aliphatic carbocycles. The molecular formula is C24H25N3OS. The summed E-state index contributed by atoms with van der Waals surface area (Å²) in [6, 6.07) is 14.7. The molecule has 0 bridgehead atoms. The summed E-state index contributed by atoms with van der Waals surface area (Å²) in [5.41, 5.74) is 5.90. The summed E-state index contributed by atoms with van der Waals surface area (Å²) in [4.78, 5) is 11.7. The maximum Gasteiger partial charge on any atom is 0.143 e. The number of ether oxygens (including phenoxy) is 1. The Morgan fingerprint density at radius 2 is 1.69 bits per heavy atom. The molecule has 148 valence electrons. The number of hydrogen-bond donors (Lipinski definition) is 1. The van der Waals surface area contributed by atoms with Crippen molar-refractivity contribution in [1.82, 2.24) is 9.97 Å². The van der Waals surface area contributed by atoms with E-state index in [2.05, 4.69) is 56.4 Å². The highest BCUT2D eigenvalue weighted by molar-refractivity contribution is 7.19. The molecule has 4 rings (SSSR count). The van der Waals surface area contributed by atoms with Gasteiger partial charge in [-0.05, 0) is 75.6 Å². The van der Waals surface area contributed by atoms with Gasteiger partial charge in [0.1, 0.15) is 22.2 Å². The fraction of sp³-hybridized carbons (Fsp3) is 0.250. The van der Waals surface area contributed by atoms with Crippen molar-refractivity contribution in [1.29, 1.82) is 0 Å². The van der Waals surface area contributed by atoms with Crippen LogP contribution in [-0.4, -0.2) is 16.6 Å². The Bertz CT molecular complexity index is 1180. The summed E-state index contributed by atoms with van der Waals surface area (Å²) >= 11 is 1.71. The van der Waals surface area contributed by atoms with Crippen molar-refractivity contribution >= 4 is 33.1 Å². The van der Waals surface area contributed by atoms with Crippen LogP contribution < -0.4 is 10.1 Å². The highest BCUT2D eigenvalue weighted by atomic mass is 32.1. The highest BCUT2D eigenvalue weighted by Gasteiger charge is 2.18. The molecule has 0 fully saturated rings. The summed E-state index contributed by atoms with van der Waals surface area (Å²) < 4.78 is 5.60. The molecular weight excluding hydrogens is 378 g/mol. The quantitative estimate of drug-likeness (QED) is 0.401. The van der Waals surface area contributed by atoms with E-state index in [9.17, 15) is 0 Å². The van der Waals surface area contributed by atoms with Crippen LogP contribution in [0.15, 0.2) is 42.5 Å². The van der Waals surface area contributed by atoms with Crippen LogP contribution in [0.5, 0.6) is 5.75 Å². The largest absolute Gasteiger partial charge is 0.494 e. The van der Waals surface area contributed by atoms with Crippen LogP contribution in [0, 0.1) is 27.7 Å². The van der Waals surface area contributed by atoms with E-state index < -0.39 is 0 Å². The second-order valence-electron chi connectivity index (χ2n) is 7.21. The van der Waals surface area contributed by atoms with Crippen LogP contribution in [0.4, 0.5) is 11.5 Å². The predicted molar refractivity (Wildman–Crippen MR) is 123 cm³/mol. The molecule has 4 aromatic rings. The standard InChI is InChI=1S/C24H25N3OS/c1-6-28-20-11-8-18(9-12-20)21-16(4)29-24-22(21)23(25-17(5)26-24)27-19-10-7-14(2)15(3)13-19/h7-13H,6H2,1-5H3,(H,25,26,27). The first kappa shape index (κ1) is 19.4. The third-order valence-electron chi connectivity index (χ3n) is 5.06. The lowest BCUT2D eigenvalue weighted by atomic mass is 10.0. The topological polar surface area (TPSA) is 47.0 Å².